The second-order valence-corrected chi connectivity index (χ2v) is 5.06. The second kappa shape index (κ2) is 6.48. The zero-order valence-corrected chi connectivity index (χ0v) is 11.5. The Morgan fingerprint density at radius 1 is 1.00 bits per heavy atom. The van der Waals surface area contributed by atoms with Gasteiger partial charge in [0, 0.05) is 6.04 Å². The highest BCUT2D eigenvalue weighted by atomic mass is 19.1. The van der Waals surface area contributed by atoms with Gasteiger partial charge in [0.15, 0.2) is 0 Å². The summed E-state index contributed by atoms with van der Waals surface area (Å²) in [5.41, 5.74) is 2.37. The van der Waals surface area contributed by atoms with Crippen molar-refractivity contribution in [1.29, 1.82) is 0 Å². The van der Waals surface area contributed by atoms with Crippen LogP contribution in [-0.4, -0.2) is 19.0 Å². The molecule has 0 radical (unpaired) electrons. The molecule has 0 bridgehead atoms. The molecule has 0 aliphatic rings. The molecule has 0 unspecified atom stereocenters. The molecule has 0 amide bonds. The predicted molar refractivity (Wildman–Crippen MR) is 77.6 cm³/mol. The van der Waals surface area contributed by atoms with Gasteiger partial charge in [0.2, 0.25) is 0 Å². The standard InChI is InChI=1S/C17H20FN/c1-19(2)17(15-8-4-3-5-9-15)12-11-14-7-6-10-16(18)13-14/h3-10,13,17H,11-12H2,1-2H3/t17-/m0/s1. The average Bonchev–Trinajstić information content (AvgIpc) is 2.40. The minimum absolute atomic E-state index is 0.154. The van der Waals surface area contributed by atoms with Crippen LogP contribution < -0.4 is 0 Å². The lowest BCUT2D eigenvalue weighted by atomic mass is 9.98. The maximum Gasteiger partial charge on any atom is 0.123 e. The van der Waals surface area contributed by atoms with E-state index in [1.807, 2.05) is 12.1 Å². The third kappa shape index (κ3) is 3.90. The lowest BCUT2D eigenvalue weighted by molar-refractivity contribution is 0.284. The van der Waals surface area contributed by atoms with Gasteiger partial charge in [0.25, 0.3) is 0 Å². The summed E-state index contributed by atoms with van der Waals surface area (Å²) in [4.78, 5) is 2.22. The van der Waals surface area contributed by atoms with Crippen molar-refractivity contribution >= 4 is 0 Å². The Hall–Kier alpha value is -1.67. The van der Waals surface area contributed by atoms with E-state index in [-0.39, 0.29) is 5.82 Å². The van der Waals surface area contributed by atoms with Crippen LogP contribution in [0.5, 0.6) is 0 Å². The van der Waals surface area contributed by atoms with Gasteiger partial charge >= 0.3 is 0 Å². The van der Waals surface area contributed by atoms with Crippen molar-refractivity contribution in [3.05, 3.63) is 71.5 Å². The van der Waals surface area contributed by atoms with Crippen molar-refractivity contribution in [3.63, 3.8) is 0 Å². The molecular formula is C17H20FN. The number of hydrogen-bond acceptors (Lipinski definition) is 1. The van der Waals surface area contributed by atoms with E-state index in [0.717, 1.165) is 18.4 Å². The van der Waals surface area contributed by atoms with Crippen molar-refractivity contribution in [2.24, 2.45) is 0 Å². The third-order valence-corrected chi connectivity index (χ3v) is 3.40. The first kappa shape index (κ1) is 13.8. The summed E-state index contributed by atoms with van der Waals surface area (Å²) < 4.78 is 13.2. The Bertz CT molecular complexity index is 508. The Kier molecular flexibility index (Phi) is 4.69. The van der Waals surface area contributed by atoms with Gasteiger partial charge < -0.3 is 4.90 Å². The third-order valence-electron chi connectivity index (χ3n) is 3.40. The van der Waals surface area contributed by atoms with Crippen LogP contribution in [0.25, 0.3) is 0 Å². The van der Waals surface area contributed by atoms with Crippen molar-refractivity contribution < 1.29 is 4.39 Å². The van der Waals surface area contributed by atoms with Crippen LogP contribution in [0.3, 0.4) is 0 Å². The van der Waals surface area contributed by atoms with Crippen molar-refractivity contribution in [1.82, 2.24) is 4.90 Å². The molecule has 0 aliphatic carbocycles. The Labute approximate surface area is 114 Å². The molecular weight excluding hydrogens is 237 g/mol. The Balaban J connectivity index is 2.06. The highest BCUT2D eigenvalue weighted by molar-refractivity contribution is 5.21. The molecule has 100 valence electrons. The van der Waals surface area contributed by atoms with Gasteiger partial charge in [0.1, 0.15) is 5.82 Å². The molecule has 0 heterocycles. The van der Waals surface area contributed by atoms with Crippen molar-refractivity contribution in [2.75, 3.05) is 14.1 Å². The van der Waals surface area contributed by atoms with Crippen molar-refractivity contribution in [3.8, 4) is 0 Å². The fraction of sp³-hybridized carbons (Fsp3) is 0.294. The van der Waals surface area contributed by atoms with Gasteiger partial charge in [-0.05, 0) is 50.2 Å². The van der Waals surface area contributed by atoms with E-state index in [1.54, 1.807) is 12.1 Å². The number of rotatable bonds is 5. The van der Waals surface area contributed by atoms with E-state index >= 15 is 0 Å². The SMILES string of the molecule is CN(C)[C@@H](CCc1cccc(F)c1)c1ccccc1. The van der Waals surface area contributed by atoms with Crippen LogP contribution in [0.2, 0.25) is 0 Å². The molecule has 0 aromatic heterocycles. The fourth-order valence-electron chi connectivity index (χ4n) is 2.39. The first-order chi connectivity index (χ1) is 9.16. The quantitative estimate of drug-likeness (QED) is 0.780. The summed E-state index contributed by atoms with van der Waals surface area (Å²) >= 11 is 0. The summed E-state index contributed by atoms with van der Waals surface area (Å²) in [5, 5.41) is 0. The molecule has 1 atom stereocenters. The normalized spacial score (nSPS) is 12.6. The van der Waals surface area contributed by atoms with E-state index in [4.69, 9.17) is 0 Å². The molecule has 2 aromatic carbocycles. The highest BCUT2D eigenvalue weighted by Crippen LogP contribution is 2.23. The second-order valence-electron chi connectivity index (χ2n) is 5.06. The molecule has 0 fully saturated rings. The summed E-state index contributed by atoms with van der Waals surface area (Å²) in [6.07, 6.45) is 1.87. The van der Waals surface area contributed by atoms with Gasteiger partial charge in [-0.1, -0.05) is 42.5 Å². The highest BCUT2D eigenvalue weighted by Gasteiger charge is 2.13. The first-order valence-corrected chi connectivity index (χ1v) is 6.62. The molecule has 0 saturated heterocycles. The molecule has 0 N–H and O–H groups in total. The molecule has 0 spiro atoms. The lowest BCUT2D eigenvalue weighted by Crippen LogP contribution is -2.20. The largest absolute Gasteiger partial charge is 0.302 e. The predicted octanol–water partition coefficient (Wildman–Crippen LogP) is 4.06. The number of halogens is 1. The maximum absolute atomic E-state index is 13.2. The Morgan fingerprint density at radius 2 is 1.74 bits per heavy atom. The summed E-state index contributed by atoms with van der Waals surface area (Å²) in [7, 11) is 4.17. The topological polar surface area (TPSA) is 3.24 Å². The van der Waals surface area contributed by atoms with Gasteiger partial charge in [-0.25, -0.2) is 4.39 Å². The zero-order valence-electron chi connectivity index (χ0n) is 11.5. The summed E-state index contributed by atoms with van der Waals surface area (Å²) in [6, 6.07) is 17.7. The van der Waals surface area contributed by atoms with E-state index < -0.39 is 0 Å². The zero-order chi connectivity index (χ0) is 13.7. The number of nitrogens with zero attached hydrogens (tertiary/aromatic N) is 1. The Morgan fingerprint density at radius 3 is 2.37 bits per heavy atom. The van der Waals surface area contributed by atoms with Gasteiger partial charge in [0.05, 0.1) is 0 Å². The maximum atomic E-state index is 13.2. The van der Waals surface area contributed by atoms with Gasteiger partial charge in [-0.2, -0.15) is 0 Å². The van der Waals surface area contributed by atoms with Crippen LogP contribution in [0, 0.1) is 5.82 Å². The molecule has 1 nitrogen and oxygen atoms in total. The number of hydrogen-bond donors (Lipinski definition) is 0. The van der Waals surface area contributed by atoms with Crippen LogP contribution in [-0.2, 0) is 6.42 Å². The number of benzene rings is 2. The molecule has 0 saturated carbocycles. The first-order valence-electron chi connectivity index (χ1n) is 6.62. The molecule has 2 heteroatoms. The van der Waals surface area contributed by atoms with Gasteiger partial charge in [-0.3, -0.25) is 0 Å². The van der Waals surface area contributed by atoms with Gasteiger partial charge in [-0.15, -0.1) is 0 Å². The van der Waals surface area contributed by atoms with E-state index in [0.29, 0.717) is 6.04 Å². The molecule has 2 aromatic rings. The molecule has 0 aliphatic heterocycles. The van der Waals surface area contributed by atoms with Crippen LogP contribution >= 0.6 is 0 Å². The molecule has 2 rings (SSSR count). The van der Waals surface area contributed by atoms with Crippen LogP contribution in [0.1, 0.15) is 23.6 Å². The van der Waals surface area contributed by atoms with E-state index in [2.05, 4.69) is 43.3 Å². The minimum Gasteiger partial charge on any atom is -0.302 e. The van der Waals surface area contributed by atoms with E-state index in [9.17, 15) is 4.39 Å². The summed E-state index contributed by atoms with van der Waals surface area (Å²) in [5.74, 6) is -0.154. The fourth-order valence-corrected chi connectivity index (χ4v) is 2.39. The van der Waals surface area contributed by atoms with E-state index in [1.165, 1.54) is 11.6 Å². The van der Waals surface area contributed by atoms with Crippen molar-refractivity contribution in [2.45, 2.75) is 18.9 Å². The smallest absolute Gasteiger partial charge is 0.123 e. The lowest BCUT2D eigenvalue weighted by Gasteiger charge is -2.24. The summed E-state index contributed by atoms with van der Waals surface area (Å²) in [6.45, 7) is 0. The van der Waals surface area contributed by atoms with Crippen LogP contribution in [0.4, 0.5) is 4.39 Å². The minimum atomic E-state index is -0.154. The average molecular weight is 257 g/mol. The van der Waals surface area contributed by atoms with Crippen LogP contribution in [0.15, 0.2) is 54.6 Å². The number of aryl methyl sites for hydroxylation is 1. The monoisotopic (exact) mass is 257 g/mol. The molecule has 19 heavy (non-hydrogen) atoms.